The van der Waals surface area contributed by atoms with Gasteiger partial charge in [0.15, 0.2) is 5.78 Å². The van der Waals surface area contributed by atoms with Crippen LogP contribution in [0.5, 0.6) is 5.75 Å². The quantitative estimate of drug-likeness (QED) is 0.856. The van der Waals surface area contributed by atoms with Crippen LogP contribution in [0.2, 0.25) is 5.02 Å². The molecule has 6 nitrogen and oxygen atoms in total. The SMILES string of the molecule is COc1ccccc1C(=O)Cn1cc(Cl)c(=O)[nH]c1=O. The van der Waals surface area contributed by atoms with Gasteiger partial charge in [-0.15, -0.1) is 0 Å². The molecule has 104 valence electrons. The maximum absolute atomic E-state index is 12.2. The molecule has 2 rings (SSSR count). The summed E-state index contributed by atoms with van der Waals surface area (Å²) in [7, 11) is 1.45. The molecule has 0 unspecified atom stereocenters. The van der Waals surface area contributed by atoms with Crippen molar-refractivity contribution in [3.8, 4) is 5.75 Å². The van der Waals surface area contributed by atoms with Crippen LogP contribution in [0.4, 0.5) is 0 Å². The van der Waals surface area contributed by atoms with Crippen molar-refractivity contribution >= 4 is 17.4 Å². The van der Waals surface area contributed by atoms with Gasteiger partial charge in [0.2, 0.25) is 0 Å². The first-order valence-electron chi connectivity index (χ1n) is 5.68. The Bertz CT molecular complexity index is 763. The first kappa shape index (κ1) is 14.1. The molecule has 0 aliphatic carbocycles. The number of para-hydroxylation sites is 1. The van der Waals surface area contributed by atoms with Crippen LogP contribution in [0.3, 0.4) is 0 Å². The van der Waals surface area contributed by atoms with Gasteiger partial charge in [0.1, 0.15) is 10.8 Å². The van der Waals surface area contributed by atoms with Crippen molar-refractivity contribution in [2.24, 2.45) is 0 Å². The van der Waals surface area contributed by atoms with Gasteiger partial charge in [0.05, 0.1) is 19.2 Å². The molecule has 1 heterocycles. The fourth-order valence-electron chi connectivity index (χ4n) is 1.72. The Labute approximate surface area is 118 Å². The summed E-state index contributed by atoms with van der Waals surface area (Å²) in [5.41, 5.74) is -1.02. The van der Waals surface area contributed by atoms with Crippen LogP contribution >= 0.6 is 11.6 Å². The molecular weight excluding hydrogens is 284 g/mol. The Balaban J connectivity index is 2.35. The Morgan fingerprint density at radius 1 is 1.35 bits per heavy atom. The van der Waals surface area contributed by atoms with Crippen LogP contribution in [0, 0.1) is 0 Å². The van der Waals surface area contributed by atoms with Gasteiger partial charge in [-0.3, -0.25) is 19.1 Å². The van der Waals surface area contributed by atoms with E-state index < -0.39 is 11.2 Å². The second-order valence-corrected chi connectivity index (χ2v) is 4.39. The van der Waals surface area contributed by atoms with Crippen LogP contribution in [-0.2, 0) is 6.54 Å². The first-order valence-corrected chi connectivity index (χ1v) is 6.06. The lowest BCUT2D eigenvalue weighted by Crippen LogP contribution is -2.31. The van der Waals surface area contributed by atoms with E-state index in [4.69, 9.17) is 16.3 Å². The number of nitrogens with zero attached hydrogens (tertiary/aromatic N) is 1. The van der Waals surface area contributed by atoms with E-state index in [-0.39, 0.29) is 17.4 Å². The molecule has 0 radical (unpaired) electrons. The molecule has 7 heteroatoms. The number of methoxy groups -OCH3 is 1. The van der Waals surface area contributed by atoms with Gasteiger partial charge < -0.3 is 4.74 Å². The number of rotatable bonds is 4. The Hall–Kier alpha value is -2.34. The van der Waals surface area contributed by atoms with E-state index in [0.29, 0.717) is 11.3 Å². The standard InChI is InChI=1S/C13H11ClN2O4/c1-20-11-5-3-2-4-8(11)10(17)7-16-6-9(14)12(18)15-13(16)19/h2-6H,7H2,1H3,(H,15,18,19). The third-order valence-corrected chi connectivity index (χ3v) is 2.96. The lowest BCUT2D eigenvalue weighted by atomic mass is 10.1. The monoisotopic (exact) mass is 294 g/mol. The first-order chi connectivity index (χ1) is 9.52. The van der Waals surface area contributed by atoms with Crippen LogP contribution in [0.25, 0.3) is 0 Å². The Kier molecular flexibility index (Phi) is 4.05. The van der Waals surface area contributed by atoms with Crippen molar-refractivity contribution in [3.63, 3.8) is 0 Å². The van der Waals surface area contributed by atoms with Crippen LogP contribution in [0.15, 0.2) is 40.1 Å². The molecule has 20 heavy (non-hydrogen) atoms. The Morgan fingerprint density at radius 3 is 2.75 bits per heavy atom. The zero-order valence-corrected chi connectivity index (χ0v) is 11.3. The largest absolute Gasteiger partial charge is 0.496 e. The van der Waals surface area contributed by atoms with Gasteiger partial charge in [-0.25, -0.2) is 4.79 Å². The minimum absolute atomic E-state index is 0.155. The molecule has 1 N–H and O–H groups in total. The summed E-state index contributed by atoms with van der Waals surface area (Å²) in [6.45, 7) is -0.240. The van der Waals surface area contributed by atoms with Crippen molar-refractivity contribution in [3.05, 3.63) is 61.9 Å². The Morgan fingerprint density at radius 2 is 2.05 bits per heavy atom. The van der Waals surface area contributed by atoms with E-state index in [9.17, 15) is 14.4 Å². The fourth-order valence-corrected chi connectivity index (χ4v) is 1.88. The predicted octanol–water partition coefficient (Wildman–Crippen LogP) is 1.08. The molecule has 1 aromatic heterocycles. The molecule has 0 aliphatic heterocycles. The van der Waals surface area contributed by atoms with Crippen molar-refractivity contribution in [2.75, 3.05) is 7.11 Å². The van der Waals surface area contributed by atoms with Gasteiger partial charge in [-0.05, 0) is 12.1 Å². The summed E-state index contributed by atoms with van der Waals surface area (Å²) in [5, 5.41) is -0.155. The number of hydrogen-bond donors (Lipinski definition) is 1. The number of nitrogens with one attached hydrogen (secondary N) is 1. The highest BCUT2D eigenvalue weighted by Crippen LogP contribution is 2.18. The van der Waals surface area contributed by atoms with Gasteiger partial charge >= 0.3 is 5.69 Å². The molecule has 0 saturated heterocycles. The number of ether oxygens (including phenoxy) is 1. The molecule has 0 saturated carbocycles. The molecule has 0 fully saturated rings. The summed E-state index contributed by atoms with van der Waals surface area (Å²) in [6.07, 6.45) is 1.13. The minimum Gasteiger partial charge on any atom is -0.496 e. The third kappa shape index (κ3) is 2.80. The second-order valence-electron chi connectivity index (χ2n) is 3.99. The van der Waals surface area contributed by atoms with Crippen LogP contribution < -0.4 is 16.0 Å². The number of hydrogen-bond acceptors (Lipinski definition) is 4. The summed E-state index contributed by atoms with van der Waals surface area (Å²) >= 11 is 5.63. The molecule has 0 aliphatic rings. The van der Waals surface area contributed by atoms with E-state index in [1.54, 1.807) is 24.3 Å². The van der Waals surface area contributed by atoms with E-state index in [1.165, 1.54) is 7.11 Å². The fraction of sp³-hybridized carbons (Fsp3) is 0.154. The van der Waals surface area contributed by atoms with Crippen LogP contribution in [0.1, 0.15) is 10.4 Å². The molecule has 0 spiro atoms. The van der Waals surface area contributed by atoms with E-state index in [0.717, 1.165) is 10.8 Å². The summed E-state index contributed by atoms with van der Waals surface area (Å²) < 4.78 is 6.13. The smallest absolute Gasteiger partial charge is 0.328 e. The number of benzene rings is 1. The van der Waals surface area contributed by atoms with Gasteiger partial charge in [-0.2, -0.15) is 0 Å². The molecule has 0 bridgehead atoms. The number of Topliss-reactive ketones (excluding diaryl/α,β-unsaturated/α-hetero) is 1. The number of aromatic amines is 1. The average Bonchev–Trinajstić information content (AvgIpc) is 2.44. The van der Waals surface area contributed by atoms with Gasteiger partial charge in [0, 0.05) is 6.20 Å². The molecule has 2 aromatic rings. The normalized spacial score (nSPS) is 10.3. The van der Waals surface area contributed by atoms with Crippen molar-refractivity contribution in [2.45, 2.75) is 6.54 Å². The van der Waals surface area contributed by atoms with E-state index in [2.05, 4.69) is 0 Å². The van der Waals surface area contributed by atoms with E-state index in [1.807, 2.05) is 4.98 Å². The van der Waals surface area contributed by atoms with Crippen LogP contribution in [-0.4, -0.2) is 22.4 Å². The number of carbonyl (C=O) groups excluding carboxylic acids is 1. The highest BCUT2D eigenvalue weighted by Gasteiger charge is 2.13. The molecule has 1 aromatic carbocycles. The number of ketones is 1. The topological polar surface area (TPSA) is 81.2 Å². The van der Waals surface area contributed by atoms with Crippen molar-refractivity contribution < 1.29 is 9.53 Å². The highest BCUT2D eigenvalue weighted by atomic mass is 35.5. The lowest BCUT2D eigenvalue weighted by Gasteiger charge is -2.08. The maximum atomic E-state index is 12.2. The second kappa shape index (κ2) is 5.75. The number of H-pyrrole nitrogens is 1. The maximum Gasteiger partial charge on any atom is 0.328 e. The number of halogens is 1. The number of carbonyl (C=O) groups is 1. The van der Waals surface area contributed by atoms with Gasteiger partial charge in [-0.1, -0.05) is 23.7 Å². The third-order valence-electron chi connectivity index (χ3n) is 2.69. The zero-order valence-electron chi connectivity index (χ0n) is 10.6. The van der Waals surface area contributed by atoms with Crippen molar-refractivity contribution in [1.29, 1.82) is 0 Å². The average molecular weight is 295 g/mol. The summed E-state index contributed by atoms with van der Waals surface area (Å²) in [5.74, 6) is 0.0914. The van der Waals surface area contributed by atoms with Crippen molar-refractivity contribution in [1.82, 2.24) is 9.55 Å². The van der Waals surface area contributed by atoms with E-state index >= 15 is 0 Å². The summed E-state index contributed by atoms with van der Waals surface area (Å²) in [4.78, 5) is 36.9. The zero-order chi connectivity index (χ0) is 14.7. The highest BCUT2D eigenvalue weighted by molar-refractivity contribution is 6.30. The van der Waals surface area contributed by atoms with Gasteiger partial charge in [0.25, 0.3) is 5.56 Å². The number of aromatic nitrogens is 2. The molecule has 0 atom stereocenters. The molecular formula is C13H11ClN2O4. The molecule has 0 amide bonds. The lowest BCUT2D eigenvalue weighted by molar-refractivity contribution is 0.0967. The predicted molar refractivity (Wildman–Crippen MR) is 73.7 cm³/mol. The minimum atomic E-state index is -0.692. The summed E-state index contributed by atoms with van der Waals surface area (Å²) in [6, 6.07) is 6.67.